The summed E-state index contributed by atoms with van der Waals surface area (Å²) in [5.41, 5.74) is 0. The Hall–Kier alpha value is -0.770. The first-order valence-electron chi connectivity index (χ1n) is 7.34. The lowest BCUT2D eigenvalue weighted by atomic mass is 9.99. The molecule has 2 fully saturated rings. The predicted octanol–water partition coefficient (Wildman–Crippen LogP) is 2.34. The van der Waals surface area contributed by atoms with Gasteiger partial charge in [-0.05, 0) is 25.7 Å². The fourth-order valence-electron chi connectivity index (χ4n) is 3.07. The number of likely N-dealkylation sites (tertiary alicyclic amines) is 2. The van der Waals surface area contributed by atoms with Gasteiger partial charge < -0.3 is 14.5 Å². The van der Waals surface area contributed by atoms with Gasteiger partial charge in [0, 0.05) is 39.2 Å². The molecule has 0 aliphatic carbocycles. The van der Waals surface area contributed by atoms with E-state index in [1.807, 2.05) is 4.90 Å². The van der Waals surface area contributed by atoms with Crippen LogP contribution in [0, 0.1) is 5.92 Å². The third-order valence-electron chi connectivity index (χ3n) is 4.07. The van der Waals surface area contributed by atoms with Gasteiger partial charge >= 0.3 is 6.03 Å². The van der Waals surface area contributed by atoms with Crippen LogP contribution < -0.4 is 0 Å². The zero-order chi connectivity index (χ0) is 12.8. The van der Waals surface area contributed by atoms with E-state index in [2.05, 4.69) is 4.90 Å². The summed E-state index contributed by atoms with van der Waals surface area (Å²) in [4.78, 5) is 16.6. The van der Waals surface area contributed by atoms with Gasteiger partial charge in [0.05, 0.1) is 6.61 Å². The van der Waals surface area contributed by atoms with Crippen LogP contribution in [0.15, 0.2) is 0 Å². The minimum absolute atomic E-state index is 0.262. The molecule has 0 aromatic rings. The maximum Gasteiger partial charge on any atom is 0.320 e. The largest absolute Gasteiger partial charge is 0.384 e. The number of hydrogen-bond acceptors (Lipinski definition) is 2. The molecule has 0 N–H and O–H groups in total. The Morgan fingerprint density at radius 3 is 2.39 bits per heavy atom. The number of rotatable bonds is 2. The van der Waals surface area contributed by atoms with E-state index in [1.165, 1.54) is 32.1 Å². The summed E-state index contributed by atoms with van der Waals surface area (Å²) in [7, 11) is 1.75. The number of methoxy groups -OCH3 is 1. The highest BCUT2D eigenvalue weighted by Crippen LogP contribution is 2.19. The number of carbonyl (C=O) groups excluding carboxylic acids is 1. The molecule has 0 spiro atoms. The van der Waals surface area contributed by atoms with Crippen LogP contribution in [0.25, 0.3) is 0 Å². The normalized spacial score (nSPS) is 25.9. The first-order valence-corrected chi connectivity index (χ1v) is 7.34. The van der Waals surface area contributed by atoms with Crippen molar-refractivity contribution < 1.29 is 9.53 Å². The first-order chi connectivity index (χ1) is 8.81. The van der Waals surface area contributed by atoms with Crippen molar-refractivity contribution in [3.8, 4) is 0 Å². The van der Waals surface area contributed by atoms with E-state index >= 15 is 0 Å². The van der Waals surface area contributed by atoms with Crippen LogP contribution in [-0.4, -0.2) is 55.7 Å². The van der Waals surface area contributed by atoms with Crippen molar-refractivity contribution in [2.45, 2.75) is 38.5 Å². The zero-order valence-electron chi connectivity index (χ0n) is 11.6. The molecular weight excluding hydrogens is 228 g/mol. The summed E-state index contributed by atoms with van der Waals surface area (Å²) < 4.78 is 5.22. The molecule has 104 valence electrons. The monoisotopic (exact) mass is 254 g/mol. The van der Waals surface area contributed by atoms with E-state index in [4.69, 9.17) is 4.74 Å². The smallest absolute Gasteiger partial charge is 0.320 e. The number of hydrogen-bond donors (Lipinski definition) is 0. The third kappa shape index (κ3) is 3.61. The summed E-state index contributed by atoms with van der Waals surface area (Å²) in [6.45, 7) is 4.48. The van der Waals surface area contributed by atoms with Crippen LogP contribution in [0.3, 0.4) is 0 Å². The molecule has 2 aliphatic heterocycles. The van der Waals surface area contributed by atoms with E-state index in [0.29, 0.717) is 5.92 Å². The lowest BCUT2D eigenvalue weighted by Crippen LogP contribution is -2.48. The maximum absolute atomic E-state index is 12.5. The quantitative estimate of drug-likeness (QED) is 0.757. The summed E-state index contributed by atoms with van der Waals surface area (Å²) in [6, 6.07) is 0.262. The fourth-order valence-corrected chi connectivity index (χ4v) is 3.07. The highest BCUT2D eigenvalue weighted by Gasteiger charge is 2.27. The number of urea groups is 1. The van der Waals surface area contributed by atoms with Gasteiger partial charge in [-0.15, -0.1) is 0 Å². The Morgan fingerprint density at radius 2 is 1.72 bits per heavy atom. The van der Waals surface area contributed by atoms with Gasteiger partial charge in [-0.1, -0.05) is 12.8 Å². The van der Waals surface area contributed by atoms with Gasteiger partial charge in [0.2, 0.25) is 0 Å². The molecule has 0 aromatic carbocycles. The van der Waals surface area contributed by atoms with Gasteiger partial charge in [0.15, 0.2) is 0 Å². The third-order valence-corrected chi connectivity index (χ3v) is 4.07. The number of nitrogens with zero attached hydrogens (tertiary/aromatic N) is 2. The molecule has 18 heavy (non-hydrogen) atoms. The SMILES string of the molecule is COCC1CCCN(C(=O)N2CCCCCC2)C1. The second kappa shape index (κ2) is 6.98. The van der Waals surface area contributed by atoms with E-state index in [9.17, 15) is 4.79 Å². The Bertz CT molecular complexity index is 261. The topological polar surface area (TPSA) is 32.8 Å². The molecule has 2 saturated heterocycles. The molecular formula is C14H26N2O2. The average Bonchev–Trinajstić information content (AvgIpc) is 2.67. The van der Waals surface area contributed by atoms with Crippen LogP contribution >= 0.6 is 0 Å². The van der Waals surface area contributed by atoms with Crippen LogP contribution in [0.4, 0.5) is 4.79 Å². The minimum atomic E-state index is 0.262. The van der Waals surface area contributed by atoms with Crippen molar-refractivity contribution in [3.63, 3.8) is 0 Å². The first kappa shape index (κ1) is 13.7. The number of carbonyl (C=O) groups is 1. The average molecular weight is 254 g/mol. The van der Waals surface area contributed by atoms with Gasteiger partial charge in [-0.2, -0.15) is 0 Å². The zero-order valence-corrected chi connectivity index (χ0v) is 11.6. The van der Waals surface area contributed by atoms with Crippen LogP contribution in [0.2, 0.25) is 0 Å². The second-order valence-electron chi connectivity index (χ2n) is 5.59. The number of piperidine rings is 1. The molecule has 2 rings (SSSR count). The van der Waals surface area contributed by atoms with Gasteiger partial charge in [-0.25, -0.2) is 4.79 Å². The van der Waals surface area contributed by atoms with E-state index in [1.54, 1.807) is 7.11 Å². The van der Waals surface area contributed by atoms with Crippen LogP contribution in [0.1, 0.15) is 38.5 Å². The molecule has 2 heterocycles. The molecule has 1 unspecified atom stereocenters. The Kier molecular flexibility index (Phi) is 5.29. The van der Waals surface area contributed by atoms with E-state index in [-0.39, 0.29) is 6.03 Å². The highest BCUT2D eigenvalue weighted by atomic mass is 16.5. The molecule has 4 nitrogen and oxygen atoms in total. The van der Waals surface area contributed by atoms with Crippen molar-refractivity contribution in [2.24, 2.45) is 5.92 Å². The lowest BCUT2D eigenvalue weighted by Gasteiger charge is -2.36. The molecule has 4 heteroatoms. The summed E-state index contributed by atoms with van der Waals surface area (Å²) in [5, 5.41) is 0. The maximum atomic E-state index is 12.5. The number of amides is 2. The molecule has 0 radical (unpaired) electrons. The van der Waals surface area contributed by atoms with Crippen molar-refractivity contribution in [1.82, 2.24) is 9.80 Å². The Balaban J connectivity index is 1.86. The Morgan fingerprint density at radius 1 is 1.06 bits per heavy atom. The lowest BCUT2D eigenvalue weighted by molar-refractivity contribution is 0.0879. The number of ether oxygens (including phenoxy) is 1. The van der Waals surface area contributed by atoms with Crippen molar-refractivity contribution in [2.75, 3.05) is 39.9 Å². The molecule has 0 saturated carbocycles. The second-order valence-corrected chi connectivity index (χ2v) is 5.59. The van der Waals surface area contributed by atoms with Gasteiger partial charge in [0.25, 0.3) is 0 Å². The van der Waals surface area contributed by atoms with Gasteiger partial charge in [0.1, 0.15) is 0 Å². The Labute approximate surface area is 110 Å². The van der Waals surface area contributed by atoms with Crippen molar-refractivity contribution >= 4 is 6.03 Å². The van der Waals surface area contributed by atoms with E-state index in [0.717, 1.165) is 39.2 Å². The summed E-state index contributed by atoms with van der Waals surface area (Å²) in [6.07, 6.45) is 7.19. The molecule has 2 amide bonds. The minimum Gasteiger partial charge on any atom is -0.384 e. The standard InChI is InChI=1S/C14H26N2O2/c1-18-12-13-7-6-10-16(11-13)14(17)15-8-4-2-3-5-9-15/h13H,2-12H2,1H3. The molecule has 0 aromatic heterocycles. The van der Waals surface area contributed by atoms with Crippen molar-refractivity contribution in [1.29, 1.82) is 0 Å². The molecule has 0 bridgehead atoms. The molecule has 2 aliphatic rings. The van der Waals surface area contributed by atoms with Gasteiger partial charge in [-0.3, -0.25) is 0 Å². The highest BCUT2D eigenvalue weighted by molar-refractivity contribution is 5.74. The van der Waals surface area contributed by atoms with Crippen LogP contribution in [-0.2, 0) is 4.74 Å². The summed E-state index contributed by atoms with van der Waals surface area (Å²) in [5.74, 6) is 0.527. The predicted molar refractivity (Wildman–Crippen MR) is 71.6 cm³/mol. The fraction of sp³-hybridized carbons (Fsp3) is 0.929. The van der Waals surface area contributed by atoms with Crippen molar-refractivity contribution in [3.05, 3.63) is 0 Å². The van der Waals surface area contributed by atoms with Crippen LogP contribution in [0.5, 0.6) is 0 Å². The van der Waals surface area contributed by atoms with E-state index < -0.39 is 0 Å². The molecule has 1 atom stereocenters. The summed E-state index contributed by atoms with van der Waals surface area (Å²) >= 11 is 0.